The molecule has 4 heteroatoms. The van der Waals surface area contributed by atoms with Gasteiger partial charge in [-0.2, -0.15) is 0 Å². The van der Waals surface area contributed by atoms with Crippen LogP contribution in [0.25, 0.3) is 0 Å². The average Bonchev–Trinajstić information content (AvgIpc) is 2.31. The van der Waals surface area contributed by atoms with Crippen LogP contribution in [-0.4, -0.2) is 18.2 Å². The Hall–Kier alpha value is -1.06. The molecule has 1 heterocycles. The van der Waals surface area contributed by atoms with Crippen LogP contribution < -0.4 is 0 Å². The average molecular weight is 184 g/mol. The largest absolute Gasteiger partial charge is 0.425 e. The minimum Gasteiger partial charge on any atom is -0.425 e. The van der Waals surface area contributed by atoms with Gasteiger partial charge in [-0.05, 0) is 5.41 Å². The lowest BCUT2D eigenvalue weighted by atomic mass is 10.1. The van der Waals surface area contributed by atoms with Crippen molar-refractivity contribution in [3.05, 3.63) is 0 Å². The minimum absolute atomic E-state index is 0.0592. The second-order valence-electron chi connectivity index (χ2n) is 4.24. The molecule has 0 radical (unpaired) electrons. The zero-order valence-corrected chi connectivity index (χ0v) is 7.87. The van der Waals surface area contributed by atoms with Crippen molar-refractivity contribution < 1.29 is 19.1 Å². The molecule has 13 heavy (non-hydrogen) atoms. The third-order valence-electron chi connectivity index (χ3n) is 2.97. The number of carbonyl (C=O) groups is 2. The Morgan fingerprint density at radius 3 is 2.54 bits per heavy atom. The van der Waals surface area contributed by atoms with Gasteiger partial charge >= 0.3 is 11.9 Å². The summed E-state index contributed by atoms with van der Waals surface area (Å²) >= 11 is 0. The number of rotatable bonds is 1. The third-order valence-corrected chi connectivity index (χ3v) is 2.97. The molecule has 1 aliphatic carbocycles. The molecule has 1 aliphatic heterocycles. The fraction of sp³-hybridized carbons (Fsp3) is 0.778. The molecule has 2 rings (SSSR count). The maximum absolute atomic E-state index is 11.2. The summed E-state index contributed by atoms with van der Waals surface area (Å²) in [5, 5.41) is 0. The van der Waals surface area contributed by atoms with E-state index in [9.17, 15) is 9.59 Å². The highest BCUT2D eigenvalue weighted by atomic mass is 16.7. The quantitative estimate of drug-likeness (QED) is 0.563. The van der Waals surface area contributed by atoms with E-state index >= 15 is 0 Å². The number of cyclic esters (lactones) is 1. The van der Waals surface area contributed by atoms with Gasteiger partial charge in [0.1, 0.15) is 0 Å². The molecule has 0 amide bonds. The predicted octanol–water partition coefficient (Wildman–Crippen LogP) is 0.705. The van der Waals surface area contributed by atoms with E-state index in [4.69, 9.17) is 9.47 Å². The number of esters is 2. The number of fused-ring (bicyclic) bond motifs is 1. The first-order valence-electron chi connectivity index (χ1n) is 4.32. The second-order valence-corrected chi connectivity index (χ2v) is 4.24. The number of carbonyl (C=O) groups excluding carboxylic acids is 2. The van der Waals surface area contributed by atoms with Crippen LogP contribution in [0.4, 0.5) is 0 Å². The fourth-order valence-corrected chi connectivity index (χ4v) is 2.16. The summed E-state index contributed by atoms with van der Waals surface area (Å²) < 4.78 is 9.78. The van der Waals surface area contributed by atoms with Crippen LogP contribution in [-0.2, 0) is 19.1 Å². The van der Waals surface area contributed by atoms with Gasteiger partial charge in [-0.25, -0.2) is 0 Å². The molecule has 72 valence electrons. The lowest BCUT2D eigenvalue weighted by Gasteiger charge is -2.16. The van der Waals surface area contributed by atoms with E-state index in [1.807, 2.05) is 13.8 Å². The van der Waals surface area contributed by atoms with Crippen LogP contribution in [0, 0.1) is 17.3 Å². The highest BCUT2D eigenvalue weighted by Crippen LogP contribution is 2.64. The summed E-state index contributed by atoms with van der Waals surface area (Å²) in [5.41, 5.74) is -0.0601. The summed E-state index contributed by atoms with van der Waals surface area (Å²) in [7, 11) is 0. The Morgan fingerprint density at radius 1 is 1.54 bits per heavy atom. The summed E-state index contributed by atoms with van der Waals surface area (Å²) in [5.74, 6) is -0.650. The van der Waals surface area contributed by atoms with Crippen molar-refractivity contribution in [2.45, 2.75) is 27.1 Å². The Morgan fingerprint density at radius 2 is 2.15 bits per heavy atom. The smallest absolute Gasteiger partial charge is 0.313 e. The summed E-state index contributed by atoms with van der Waals surface area (Å²) in [6, 6.07) is 0. The predicted molar refractivity (Wildman–Crippen MR) is 42.4 cm³/mol. The van der Waals surface area contributed by atoms with E-state index in [1.54, 1.807) is 0 Å². The Kier molecular flexibility index (Phi) is 1.47. The standard InChI is InChI=1S/C9H12O4/c1-4(10)12-8-6-5(7(11)13-8)9(6,2)3/h5-6,8H,1-3H3/t5-,6+,8?/m1/s1. The summed E-state index contributed by atoms with van der Waals surface area (Å²) in [6.07, 6.45) is -0.648. The van der Waals surface area contributed by atoms with Gasteiger partial charge in [0.15, 0.2) is 0 Å². The van der Waals surface area contributed by atoms with Crippen LogP contribution in [0.5, 0.6) is 0 Å². The maximum Gasteiger partial charge on any atom is 0.313 e. The molecular weight excluding hydrogens is 172 g/mol. The first-order valence-corrected chi connectivity index (χ1v) is 4.32. The number of hydrogen-bond acceptors (Lipinski definition) is 4. The molecule has 0 bridgehead atoms. The Bertz CT molecular complexity index is 281. The highest BCUT2D eigenvalue weighted by Gasteiger charge is 2.72. The molecule has 2 aliphatic rings. The first-order chi connectivity index (χ1) is 5.94. The summed E-state index contributed by atoms with van der Waals surface area (Å²) in [4.78, 5) is 21.9. The van der Waals surface area contributed by atoms with Crippen molar-refractivity contribution in [2.75, 3.05) is 0 Å². The normalized spacial score (nSPS) is 39.3. The first kappa shape index (κ1) is 8.53. The monoisotopic (exact) mass is 184 g/mol. The lowest BCUT2D eigenvalue weighted by Crippen LogP contribution is -2.24. The van der Waals surface area contributed by atoms with E-state index in [1.165, 1.54) is 6.92 Å². The van der Waals surface area contributed by atoms with Crippen LogP contribution in [0.15, 0.2) is 0 Å². The molecule has 1 saturated carbocycles. The molecule has 0 aromatic heterocycles. The Balaban J connectivity index is 2.10. The molecular formula is C9H12O4. The van der Waals surface area contributed by atoms with Gasteiger partial charge in [-0.3, -0.25) is 9.59 Å². The lowest BCUT2D eigenvalue weighted by molar-refractivity contribution is -0.184. The van der Waals surface area contributed by atoms with Gasteiger partial charge < -0.3 is 9.47 Å². The minimum atomic E-state index is -0.648. The van der Waals surface area contributed by atoms with Gasteiger partial charge in [0.05, 0.1) is 11.8 Å². The van der Waals surface area contributed by atoms with Crippen LogP contribution >= 0.6 is 0 Å². The molecule has 0 spiro atoms. The molecule has 0 N–H and O–H groups in total. The molecule has 1 unspecified atom stereocenters. The maximum atomic E-state index is 11.2. The molecule has 0 aromatic carbocycles. The topological polar surface area (TPSA) is 52.6 Å². The number of hydrogen-bond donors (Lipinski definition) is 0. The van der Waals surface area contributed by atoms with Crippen molar-refractivity contribution in [3.8, 4) is 0 Å². The van der Waals surface area contributed by atoms with Gasteiger partial charge in [0.2, 0.25) is 0 Å². The molecule has 2 fully saturated rings. The molecule has 1 saturated heterocycles. The fourth-order valence-electron chi connectivity index (χ4n) is 2.16. The second kappa shape index (κ2) is 2.25. The zero-order chi connectivity index (χ0) is 9.80. The highest BCUT2D eigenvalue weighted by molar-refractivity contribution is 5.81. The molecule has 3 atom stereocenters. The third kappa shape index (κ3) is 1.04. The van der Waals surface area contributed by atoms with Crippen molar-refractivity contribution in [3.63, 3.8) is 0 Å². The van der Waals surface area contributed by atoms with Crippen LogP contribution in [0.3, 0.4) is 0 Å². The van der Waals surface area contributed by atoms with E-state index < -0.39 is 12.3 Å². The summed E-state index contributed by atoms with van der Waals surface area (Å²) in [6.45, 7) is 5.29. The molecule has 0 aromatic rings. The molecule has 4 nitrogen and oxygen atoms in total. The van der Waals surface area contributed by atoms with Gasteiger partial charge in [0.25, 0.3) is 6.29 Å². The van der Waals surface area contributed by atoms with Crippen molar-refractivity contribution in [1.82, 2.24) is 0 Å². The van der Waals surface area contributed by atoms with E-state index in [2.05, 4.69) is 0 Å². The Labute approximate surface area is 76.2 Å². The van der Waals surface area contributed by atoms with Crippen molar-refractivity contribution in [1.29, 1.82) is 0 Å². The van der Waals surface area contributed by atoms with Crippen LogP contribution in [0.2, 0.25) is 0 Å². The number of ether oxygens (including phenoxy) is 2. The zero-order valence-electron chi connectivity index (χ0n) is 7.87. The van der Waals surface area contributed by atoms with E-state index in [0.717, 1.165) is 0 Å². The van der Waals surface area contributed by atoms with Gasteiger partial charge in [0, 0.05) is 6.92 Å². The van der Waals surface area contributed by atoms with Gasteiger partial charge in [-0.15, -0.1) is 0 Å². The van der Waals surface area contributed by atoms with Gasteiger partial charge in [-0.1, -0.05) is 13.8 Å². The van der Waals surface area contributed by atoms with Crippen LogP contribution in [0.1, 0.15) is 20.8 Å². The van der Waals surface area contributed by atoms with Crippen molar-refractivity contribution in [2.24, 2.45) is 17.3 Å². The van der Waals surface area contributed by atoms with E-state index in [0.29, 0.717) is 0 Å². The van der Waals surface area contributed by atoms with E-state index in [-0.39, 0.29) is 23.2 Å². The van der Waals surface area contributed by atoms with Crippen molar-refractivity contribution >= 4 is 11.9 Å². The SMILES string of the molecule is CC(=O)OC1OC(=O)[C@H]2[C@@H]1C2(C)C.